The quantitative estimate of drug-likeness (QED) is 0.782. The van der Waals surface area contributed by atoms with Crippen molar-refractivity contribution in [2.75, 3.05) is 5.32 Å². The van der Waals surface area contributed by atoms with Crippen LogP contribution in [0.4, 0.5) is 5.69 Å². The third-order valence-electron chi connectivity index (χ3n) is 3.41. The van der Waals surface area contributed by atoms with Gasteiger partial charge in [0.2, 0.25) is 5.91 Å². The minimum absolute atomic E-state index is 0.0662. The first-order valence-corrected chi connectivity index (χ1v) is 7.58. The molecule has 0 aliphatic rings. The summed E-state index contributed by atoms with van der Waals surface area (Å²) in [5.74, 6) is -0.291. The molecule has 0 aliphatic heterocycles. The van der Waals surface area contributed by atoms with Gasteiger partial charge in [0.15, 0.2) is 0 Å². The lowest BCUT2D eigenvalue weighted by Gasteiger charge is -2.12. The zero-order valence-corrected chi connectivity index (χ0v) is 13.3. The molecule has 0 saturated heterocycles. The van der Waals surface area contributed by atoms with Crippen molar-refractivity contribution in [3.05, 3.63) is 60.1 Å². The molecule has 7 heteroatoms. The molecule has 1 amide bonds. The average molecular weight is 330 g/mol. The van der Waals surface area contributed by atoms with E-state index in [0.717, 1.165) is 11.4 Å². The summed E-state index contributed by atoms with van der Waals surface area (Å²) in [4.78, 5) is 12.2. The molecule has 3 aromatic rings. The first-order chi connectivity index (χ1) is 11.1. The zero-order chi connectivity index (χ0) is 16.2. The van der Waals surface area contributed by atoms with Gasteiger partial charge in [0, 0.05) is 24.3 Å². The van der Waals surface area contributed by atoms with Gasteiger partial charge < -0.3 is 5.32 Å². The molecule has 118 valence electrons. The number of rotatable bonds is 5. The molecule has 0 saturated carbocycles. The van der Waals surface area contributed by atoms with Crippen molar-refractivity contribution in [3.63, 3.8) is 0 Å². The molecule has 2 aromatic heterocycles. The molecule has 1 unspecified atom stereocenters. The van der Waals surface area contributed by atoms with E-state index in [1.807, 2.05) is 43.5 Å². The molecule has 1 aromatic carbocycles. The molecule has 3 rings (SSSR count). The van der Waals surface area contributed by atoms with Crippen LogP contribution in [0.5, 0.6) is 0 Å². The maximum Gasteiger partial charge on any atom is 0.229 e. The van der Waals surface area contributed by atoms with E-state index < -0.39 is 0 Å². The summed E-state index contributed by atoms with van der Waals surface area (Å²) < 4.78 is 3.42. The van der Waals surface area contributed by atoms with Crippen LogP contribution < -0.4 is 5.32 Å². The molecule has 0 aliphatic carbocycles. The third kappa shape index (κ3) is 3.78. The Hall–Kier alpha value is -2.60. The normalized spacial score (nSPS) is 12.1. The van der Waals surface area contributed by atoms with Gasteiger partial charge in [0.25, 0.3) is 0 Å². The van der Waals surface area contributed by atoms with Gasteiger partial charge in [0.05, 0.1) is 29.4 Å². The summed E-state index contributed by atoms with van der Waals surface area (Å²) in [5.41, 5.74) is 1.68. The number of halogens is 1. The lowest BCUT2D eigenvalue weighted by Crippen LogP contribution is -2.24. The van der Waals surface area contributed by atoms with Gasteiger partial charge in [-0.05, 0) is 30.3 Å². The van der Waals surface area contributed by atoms with Crippen molar-refractivity contribution in [1.82, 2.24) is 19.6 Å². The highest BCUT2D eigenvalue weighted by atomic mass is 35.5. The fraction of sp³-hybridized carbons (Fsp3) is 0.188. The van der Waals surface area contributed by atoms with Crippen molar-refractivity contribution < 1.29 is 4.79 Å². The number of aromatic nitrogens is 4. The summed E-state index contributed by atoms with van der Waals surface area (Å²) >= 11 is 5.82. The second kappa shape index (κ2) is 6.66. The Kier molecular flexibility index (Phi) is 4.43. The lowest BCUT2D eigenvalue weighted by molar-refractivity contribution is -0.119. The molecule has 1 N–H and O–H groups in total. The molecule has 0 radical (unpaired) electrons. The van der Waals surface area contributed by atoms with Gasteiger partial charge in [0.1, 0.15) is 0 Å². The topological polar surface area (TPSA) is 64.7 Å². The largest absolute Gasteiger partial charge is 0.326 e. The molecule has 2 heterocycles. The number of hydrogen-bond donors (Lipinski definition) is 1. The SMILES string of the molecule is CC(Cn1cc(Cl)cn1)C(=O)Nc1ccc(-n2cccn2)cc1. The molecule has 0 bridgehead atoms. The van der Waals surface area contributed by atoms with Crippen LogP contribution >= 0.6 is 11.6 Å². The molecule has 0 fully saturated rings. The number of nitrogens with zero attached hydrogens (tertiary/aromatic N) is 4. The van der Waals surface area contributed by atoms with E-state index >= 15 is 0 Å². The number of carbonyl (C=O) groups is 1. The highest BCUT2D eigenvalue weighted by Crippen LogP contribution is 2.14. The van der Waals surface area contributed by atoms with E-state index in [1.165, 1.54) is 0 Å². The van der Waals surface area contributed by atoms with Crippen LogP contribution in [0.3, 0.4) is 0 Å². The minimum Gasteiger partial charge on any atom is -0.326 e. The summed E-state index contributed by atoms with van der Waals surface area (Å²) in [6, 6.07) is 9.37. The van der Waals surface area contributed by atoms with Crippen LogP contribution in [0.2, 0.25) is 5.02 Å². The van der Waals surface area contributed by atoms with Crippen LogP contribution in [0.1, 0.15) is 6.92 Å². The van der Waals surface area contributed by atoms with E-state index in [9.17, 15) is 4.79 Å². The fourth-order valence-electron chi connectivity index (χ4n) is 2.19. The maximum absolute atomic E-state index is 12.2. The number of carbonyl (C=O) groups excluding carboxylic acids is 1. The van der Waals surface area contributed by atoms with E-state index in [-0.39, 0.29) is 11.8 Å². The van der Waals surface area contributed by atoms with Gasteiger partial charge >= 0.3 is 0 Å². The highest BCUT2D eigenvalue weighted by Gasteiger charge is 2.14. The van der Waals surface area contributed by atoms with Gasteiger partial charge in [-0.1, -0.05) is 18.5 Å². The van der Waals surface area contributed by atoms with Gasteiger partial charge in [-0.3, -0.25) is 9.48 Å². The Labute approximate surface area is 138 Å². The van der Waals surface area contributed by atoms with E-state index in [4.69, 9.17) is 11.6 Å². The summed E-state index contributed by atoms with van der Waals surface area (Å²) in [6.07, 6.45) is 6.84. The Morgan fingerprint density at radius 1 is 1.30 bits per heavy atom. The zero-order valence-electron chi connectivity index (χ0n) is 12.6. The molecular formula is C16H16ClN5O. The van der Waals surface area contributed by atoms with Crippen molar-refractivity contribution in [1.29, 1.82) is 0 Å². The number of nitrogens with one attached hydrogen (secondary N) is 1. The van der Waals surface area contributed by atoms with Crippen LogP contribution in [-0.4, -0.2) is 25.5 Å². The van der Waals surface area contributed by atoms with Crippen molar-refractivity contribution >= 4 is 23.2 Å². The third-order valence-corrected chi connectivity index (χ3v) is 3.61. The molecule has 6 nitrogen and oxygen atoms in total. The Morgan fingerprint density at radius 3 is 2.70 bits per heavy atom. The number of benzene rings is 1. The molecular weight excluding hydrogens is 314 g/mol. The van der Waals surface area contributed by atoms with Gasteiger partial charge in [-0.15, -0.1) is 0 Å². The number of hydrogen-bond acceptors (Lipinski definition) is 3. The Morgan fingerprint density at radius 2 is 2.09 bits per heavy atom. The number of amides is 1. The average Bonchev–Trinajstić information content (AvgIpc) is 3.20. The minimum atomic E-state index is -0.225. The van der Waals surface area contributed by atoms with Crippen LogP contribution in [0, 0.1) is 5.92 Å². The van der Waals surface area contributed by atoms with E-state index in [2.05, 4.69) is 15.5 Å². The Bertz CT molecular complexity index is 779. The maximum atomic E-state index is 12.2. The first kappa shape index (κ1) is 15.3. The van der Waals surface area contributed by atoms with Crippen molar-refractivity contribution in [3.8, 4) is 5.69 Å². The smallest absolute Gasteiger partial charge is 0.229 e. The van der Waals surface area contributed by atoms with Crippen LogP contribution in [0.15, 0.2) is 55.1 Å². The second-order valence-corrected chi connectivity index (χ2v) is 5.70. The standard InChI is InChI=1S/C16H16ClN5O/c1-12(10-21-11-13(17)9-19-21)16(23)20-14-3-5-15(6-4-14)22-8-2-7-18-22/h2-9,11-12H,10H2,1H3,(H,20,23). The first-order valence-electron chi connectivity index (χ1n) is 7.21. The molecule has 0 spiro atoms. The monoisotopic (exact) mass is 329 g/mol. The lowest BCUT2D eigenvalue weighted by atomic mass is 10.1. The van der Waals surface area contributed by atoms with E-state index in [0.29, 0.717) is 11.6 Å². The van der Waals surface area contributed by atoms with E-state index in [1.54, 1.807) is 28.0 Å². The second-order valence-electron chi connectivity index (χ2n) is 5.27. The summed E-state index contributed by atoms with van der Waals surface area (Å²) in [5, 5.41) is 11.7. The van der Waals surface area contributed by atoms with Gasteiger partial charge in [-0.2, -0.15) is 10.2 Å². The fourth-order valence-corrected chi connectivity index (χ4v) is 2.34. The van der Waals surface area contributed by atoms with Gasteiger partial charge in [-0.25, -0.2) is 4.68 Å². The predicted molar refractivity (Wildman–Crippen MR) is 88.6 cm³/mol. The highest BCUT2D eigenvalue weighted by molar-refractivity contribution is 6.30. The predicted octanol–water partition coefficient (Wildman–Crippen LogP) is 3.00. The summed E-state index contributed by atoms with van der Waals surface area (Å²) in [7, 11) is 0. The molecule has 1 atom stereocenters. The molecule has 23 heavy (non-hydrogen) atoms. The summed E-state index contributed by atoms with van der Waals surface area (Å²) in [6.45, 7) is 2.33. The van der Waals surface area contributed by atoms with Crippen molar-refractivity contribution in [2.45, 2.75) is 13.5 Å². The Balaban J connectivity index is 1.61. The van der Waals surface area contributed by atoms with Crippen molar-refractivity contribution in [2.24, 2.45) is 5.92 Å². The number of anilines is 1. The van der Waals surface area contributed by atoms with Crippen LogP contribution in [0.25, 0.3) is 5.69 Å². The van der Waals surface area contributed by atoms with Crippen LogP contribution in [-0.2, 0) is 11.3 Å².